The van der Waals surface area contributed by atoms with Gasteiger partial charge in [-0.2, -0.15) is 0 Å². The van der Waals surface area contributed by atoms with E-state index in [4.69, 9.17) is 4.42 Å². The molecule has 4 heteroatoms. The summed E-state index contributed by atoms with van der Waals surface area (Å²) in [6, 6.07) is 12.2. The molecule has 1 N–H and O–H groups in total. The molecular weight excluding hydrogens is 264 g/mol. The summed E-state index contributed by atoms with van der Waals surface area (Å²) in [4.78, 5) is 15.6. The molecule has 4 nitrogen and oxygen atoms in total. The van der Waals surface area contributed by atoms with Crippen molar-refractivity contribution in [3.05, 3.63) is 59.5 Å². The van der Waals surface area contributed by atoms with Gasteiger partial charge in [0.25, 0.3) is 5.91 Å². The number of carbonyl (C=O) groups excluding carboxylic acids is 1. The highest BCUT2D eigenvalue weighted by molar-refractivity contribution is 5.91. The average Bonchev–Trinajstić information content (AvgIpc) is 3.04. The predicted molar refractivity (Wildman–Crippen MR) is 80.2 cm³/mol. The minimum atomic E-state index is 0.00869. The molecule has 1 aliphatic heterocycles. The van der Waals surface area contributed by atoms with Crippen LogP contribution in [0.25, 0.3) is 0 Å². The Kier molecular flexibility index (Phi) is 4.06. The van der Waals surface area contributed by atoms with Gasteiger partial charge in [0.15, 0.2) is 5.76 Å². The molecule has 0 radical (unpaired) electrons. The molecule has 2 heterocycles. The van der Waals surface area contributed by atoms with Gasteiger partial charge >= 0.3 is 0 Å². The van der Waals surface area contributed by atoms with Gasteiger partial charge in [-0.15, -0.1) is 0 Å². The number of piperazine rings is 1. The lowest BCUT2D eigenvalue weighted by Gasteiger charge is -2.31. The number of carbonyl (C=O) groups is 1. The van der Waals surface area contributed by atoms with Crippen LogP contribution in [0, 0.1) is 6.92 Å². The fraction of sp³-hybridized carbons (Fsp3) is 0.353. The molecule has 0 aliphatic carbocycles. The highest BCUT2D eigenvalue weighted by atomic mass is 16.3. The molecule has 110 valence electrons. The molecule has 1 fully saturated rings. The van der Waals surface area contributed by atoms with E-state index in [1.807, 2.05) is 4.90 Å². The highest BCUT2D eigenvalue weighted by Gasteiger charge is 2.25. The lowest BCUT2D eigenvalue weighted by atomic mass is 10.1. The van der Waals surface area contributed by atoms with Crippen LogP contribution in [0.15, 0.2) is 47.1 Å². The zero-order valence-corrected chi connectivity index (χ0v) is 12.3. The molecule has 0 unspecified atom stereocenters. The van der Waals surface area contributed by atoms with Crippen molar-refractivity contribution in [3.63, 3.8) is 0 Å². The Hall–Kier alpha value is -2.07. The Labute approximate surface area is 125 Å². The van der Waals surface area contributed by atoms with Gasteiger partial charge in [0.05, 0.1) is 32.4 Å². The number of nitrogens with one attached hydrogen (secondary N) is 1. The van der Waals surface area contributed by atoms with Crippen molar-refractivity contribution in [1.29, 1.82) is 0 Å². The van der Waals surface area contributed by atoms with Crippen LogP contribution in [0.4, 0.5) is 0 Å². The summed E-state index contributed by atoms with van der Waals surface area (Å²) in [5.74, 6) is 0.450. The van der Waals surface area contributed by atoms with Crippen LogP contribution < -0.4 is 4.90 Å². The van der Waals surface area contributed by atoms with Crippen LogP contribution in [-0.2, 0) is 6.54 Å². The second kappa shape index (κ2) is 6.14. The van der Waals surface area contributed by atoms with E-state index in [2.05, 4.69) is 31.2 Å². The number of furan rings is 1. The zero-order valence-electron chi connectivity index (χ0n) is 12.3. The molecule has 0 spiro atoms. The summed E-state index contributed by atoms with van der Waals surface area (Å²) in [5, 5.41) is 0. The maximum Gasteiger partial charge on any atom is 0.289 e. The molecule has 0 bridgehead atoms. The van der Waals surface area contributed by atoms with E-state index in [1.165, 1.54) is 16.0 Å². The van der Waals surface area contributed by atoms with Gasteiger partial charge in [-0.05, 0) is 19.1 Å². The molecule has 0 atom stereocenters. The molecule has 1 aromatic carbocycles. The quantitative estimate of drug-likeness (QED) is 0.918. The van der Waals surface area contributed by atoms with Crippen LogP contribution in [0.2, 0.25) is 0 Å². The van der Waals surface area contributed by atoms with Crippen molar-refractivity contribution in [1.82, 2.24) is 4.90 Å². The van der Waals surface area contributed by atoms with E-state index >= 15 is 0 Å². The van der Waals surface area contributed by atoms with Crippen molar-refractivity contribution < 1.29 is 14.1 Å². The lowest BCUT2D eigenvalue weighted by Crippen LogP contribution is -3.13. The molecule has 2 aromatic rings. The van der Waals surface area contributed by atoms with E-state index in [0.29, 0.717) is 5.76 Å². The Balaban J connectivity index is 1.53. The molecule has 1 saturated heterocycles. The van der Waals surface area contributed by atoms with Crippen LogP contribution in [-0.4, -0.2) is 37.0 Å². The van der Waals surface area contributed by atoms with Crippen LogP contribution in [0.5, 0.6) is 0 Å². The third-order valence-corrected chi connectivity index (χ3v) is 4.06. The van der Waals surface area contributed by atoms with Gasteiger partial charge in [-0.1, -0.05) is 29.8 Å². The number of rotatable bonds is 3. The third-order valence-electron chi connectivity index (χ3n) is 4.06. The van der Waals surface area contributed by atoms with Gasteiger partial charge in [-0.25, -0.2) is 0 Å². The van der Waals surface area contributed by atoms with Crippen LogP contribution >= 0.6 is 0 Å². The molecular formula is C17H21N2O2+. The second-order valence-corrected chi connectivity index (χ2v) is 5.68. The van der Waals surface area contributed by atoms with Crippen LogP contribution in [0.1, 0.15) is 21.7 Å². The Bertz CT molecular complexity index is 582. The second-order valence-electron chi connectivity index (χ2n) is 5.68. The summed E-state index contributed by atoms with van der Waals surface area (Å²) in [5.41, 5.74) is 2.66. The first-order valence-electron chi connectivity index (χ1n) is 7.44. The highest BCUT2D eigenvalue weighted by Crippen LogP contribution is 2.06. The Morgan fingerprint density at radius 2 is 1.90 bits per heavy atom. The number of hydrogen-bond acceptors (Lipinski definition) is 2. The smallest absolute Gasteiger partial charge is 0.289 e. The van der Waals surface area contributed by atoms with E-state index in [9.17, 15) is 4.79 Å². The monoisotopic (exact) mass is 285 g/mol. The number of nitrogens with zero attached hydrogens (tertiary/aromatic N) is 1. The molecule has 1 aromatic heterocycles. The Morgan fingerprint density at radius 3 is 2.52 bits per heavy atom. The van der Waals surface area contributed by atoms with E-state index in [-0.39, 0.29) is 5.91 Å². The fourth-order valence-corrected chi connectivity index (χ4v) is 2.75. The number of quaternary nitrogens is 1. The van der Waals surface area contributed by atoms with Crippen molar-refractivity contribution in [2.24, 2.45) is 0 Å². The maximum atomic E-state index is 12.2. The molecule has 0 saturated carbocycles. The third kappa shape index (κ3) is 3.34. The molecule has 3 rings (SSSR count). The minimum absolute atomic E-state index is 0.00869. The van der Waals surface area contributed by atoms with Crippen molar-refractivity contribution in [2.75, 3.05) is 26.2 Å². The zero-order chi connectivity index (χ0) is 14.7. The standard InChI is InChI=1S/C17H20N2O2/c1-14-4-6-15(7-5-14)13-18-8-10-19(11-9-18)17(20)16-3-2-12-21-16/h2-7,12H,8-11,13H2,1H3/p+1. The average molecular weight is 285 g/mol. The van der Waals surface area contributed by atoms with Crippen molar-refractivity contribution in [3.8, 4) is 0 Å². The number of aryl methyl sites for hydroxylation is 1. The maximum absolute atomic E-state index is 12.2. The topological polar surface area (TPSA) is 37.9 Å². The summed E-state index contributed by atoms with van der Waals surface area (Å²) >= 11 is 0. The molecule has 21 heavy (non-hydrogen) atoms. The first kappa shape index (κ1) is 13.9. The first-order valence-corrected chi connectivity index (χ1v) is 7.44. The number of benzene rings is 1. The number of amides is 1. The van der Waals surface area contributed by atoms with Crippen LogP contribution in [0.3, 0.4) is 0 Å². The Morgan fingerprint density at radius 1 is 1.19 bits per heavy atom. The predicted octanol–water partition coefficient (Wildman–Crippen LogP) is 1.13. The van der Waals surface area contributed by atoms with Gasteiger partial charge < -0.3 is 14.2 Å². The van der Waals surface area contributed by atoms with E-state index < -0.39 is 0 Å². The molecule has 1 amide bonds. The largest absolute Gasteiger partial charge is 0.459 e. The summed E-state index contributed by atoms with van der Waals surface area (Å²) < 4.78 is 5.18. The number of hydrogen-bond donors (Lipinski definition) is 1. The van der Waals surface area contributed by atoms with Gasteiger partial charge in [0.1, 0.15) is 6.54 Å². The fourth-order valence-electron chi connectivity index (χ4n) is 2.75. The SMILES string of the molecule is Cc1ccc(C[NH+]2CCN(C(=O)c3ccco3)CC2)cc1. The minimum Gasteiger partial charge on any atom is -0.459 e. The lowest BCUT2D eigenvalue weighted by molar-refractivity contribution is -0.917. The summed E-state index contributed by atoms with van der Waals surface area (Å²) in [6.45, 7) is 6.70. The van der Waals surface area contributed by atoms with Gasteiger partial charge in [0.2, 0.25) is 0 Å². The summed E-state index contributed by atoms with van der Waals surface area (Å²) in [6.07, 6.45) is 1.55. The van der Waals surface area contributed by atoms with Crippen molar-refractivity contribution in [2.45, 2.75) is 13.5 Å². The summed E-state index contributed by atoms with van der Waals surface area (Å²) in [7, 11) is 0. The van der Waals surface area contributed by atoms with Gasteiger partial charge in [-0.3, -0.25) is 4.79 Å². The van der Waals surface area contributed by atoms with Crippen molar-refractivity contribution >= 4 is 5.91 Å². The first-order chi connectivity index (χ1) is 10.2. The van der Waals surface area contributed by atoms with E-state index in [0.717, 1.165) is 32.7 Å². The van der Waals surface area contributed by atoms with E-state index in [1.54, 1.807) is 18.4 Å². The molecule has 1 aliphatic rings. The normalized spacial score (nSPS) is 16.1. The van der Waals surface area contributed by atoms with Gasteiger partial charge in [0, 0.05) is 5.56 Å².